The maximum absolute atomic E-state index is 6.86. The van der Waals surface area contributed by atoms with Crippen molar-refractivity contribution in [1.29, 1.82) is 0 Å². The Labute approximate surface area is 338 Å². The van der Waals surface area contributed by atoms with Gasteiger partial charge in [0.25, 0.3) is 0 Å². The lowest BCUT2D eigenvalue weighted by atomic mass is 9.97. The standard InChI is InChI=1S/C53H40N4O/c1-37-44(39-20-9-4-10-21-39)26-15-29-47(37)57(43-24-13-6-14-25-43)48-30-16-28-46-50-45(27-17-31-49(50)58-51(46)48)40-32-34-42(35-33-40)53(55-36-38-18-7-3-8-19-38)56-52(54-2)41-22-11-5-12-23-41/h3-35H,2,36H2,1H3/b55-53-,56-52-. The van der Waals surface area contributed by atoms with Crippen molar-refractivity contribution in [3.05, 3.63) is 222 Å². The molecule has 0 aliphatic rings. The molecule has 5 nitrogen and oxygen atoms in total. The quantitative estimate of drug-likeness (QED) is 0.109. The fraction of sp³-hybridized carbons (Fsp3) is 0.0377. The first-order chi connectivity index (χ1) is 28.7. The van der Waals surface area contributed by atoms with Gasteiger partial charge >= 0.3 is 0 Å². The highest BCUT2D eigenvalue weighted by Gasteiger charge is 2.23. The Balaban J connectivity index is 1.15. The summed E-state index contributed by atoms with van der Waals surface area (Å²) in [6.45, 7) is 6.52. The van der Waals surface area contributed by atoms with Crippen molar-refractivity contribution in [2.45, 2.75) is 13.5 Å². The number of anilines is 3. The van der Waals surface area contributed by atoms with Gasteiger partial charge < -0.3 is 9.32 Å². The summed E-state index contributed by atoms with van der Waals surface area (Å²) in [7, 11) is 0. The van der Waals surface area contributed by atoms with E-state index in [9.17, 15) is 0 Å². The van der Waals surface area contributed by atoms with Gasteiger partial charge in [-0.3, -0.25) is 4.99 Å². The molecule has 0 radical (unpaired) electrons. The lowest BCUT2D eigenvalue weighted by Crippen LogP contribution is -2.12. The number of aliphatic imine (C=N–C) groups is 3. The normalized spacial score (nSPS) is 11.9. The third-order valence-corrected chi connectivity index (χ3v) is 10.5. The van der Waals surface area contributed by atoms with E-state index in [1.165, 1.54) is 16.7 Å². The minimum Gasteiger partial charge on any atom is -0.454 e. The summed E-state index contributed by atoms with van der Waals surface area (Å²) >= 11 is 0. The van der Waals surface area contributed by atoms with Crippen LogP contribution in [-0.2, 0) is 6.54 Å². The average Bonchev–Trinajstić information content (AvgIpc) is 3.68. The van der Waals surface area contributed by atoms with E-state index in [0.29, 0.717) is 18.2 Å². The lowest BCUT2D eigenvalue weighted by Gasteiger charge is -2.28. The molecule has 0 atom stereocenters. The molecule has 0 saturated carbocycles. The molecular formula is C53H40N4O. The first-order valence-electron chi connectivity index (χ1n) is 19.4. The number of para-hydroxylation sites is 2. The van der Waals surface area contributed by atoms with Crippen LogP contribution in [0, 0.1) is 6.92 Å². The summed E-state index contributed by atoms with van der Waals surface area (Å²) in [5.41, 5.74) is 13.3. The molecule has 0 fully saturated rings. The molecule has 0 saturated heterocycles. The minimum absolute atomic E-state index is 0.485. The molecule has 58 heavy (non-hydrogen) atoms. The lowest BCUT2D eigenvalue weighted by molar-refractivity contribution is 0.669. The highest BCUT2D eigenvalue weighted by molar-refractivity contribution is 6.16. The van der Waals surface area contributed by atoms with Crippen LogP contribution >= 0.6 is 0 Å². The molecule has 0 N–H and O–H groups in total. The summed E-state index contributed by atoms with van der Waals surface area (Å²) in [6, 6.07) is 68.9. The molecule has 0 spiro atoms. The third kappa shape index (κ3) is 7.13. The molecule has 0 amide bonds. The van der Waals surface area contributed by atoms with Crippen molar-refractivity contribution in [1.82, 2.24) is 0 Å². The van der Waals surface area contributed by atoms with Crippen molar-refractivity contribution in [2.75, 3.05) is 4.90 Å². The largest absolute Gasteiger partial charge is 0.454 e. The fourth-order valence-electron chi connectivity index (χ4n) is 7.65. The maximum atomic E-state index is 6.86. The summed E-state index contributed by atoms with van der Waals surface area (Å²) in [4.78, 5) is 16.6. The maximum Gasteiger partial charge on any atom is 0.161 e. The number of hydrogen-bond acceptors (Lipinski definition) is 3. The smallest absolute Gasteiger partial charge is 0.161 e. The van der Waals surface area contributed by atoms with Crippen molar-refractivity contribution < 1.29 is 4.42 Å². The topological polar surface area (TPSA) is 53.5 Å². The van der Waals surface area contributed by atoms with Gasteiger partial charge in [0, 0.05) is 33.3 Å². The fourth-order valence-corrected chi connectivity index (χ4v) is 7.65. The van der Waals surface area contributed by atoms with Gasteiger partial charge in [-0.05, 0) is 77.4 Å². The summed E-state index contributed by atoms with van der Waals surface area (Å²) < 4.78 is 6.86. The van der Waals surface area contributed by atoms with Crippen LogP contribution in [0.3, 0.4) is 0 Å². The SMILES string of the molecule is C=N/C(=N\C(=N/Cc1ccccc1)c1ccc(-c2cccc3oc4c(N(c5ccccc5)c5cccc(-c6ccccc6)c5C)cccc4c23)cc1)c1ccccc1. The third-order valence-electron chi connectivity index (χ3n) is 10.5. The van der Waals surface area contributed by atoms with Gasteiger partial charge in [0.05, 0.1) is 12.2 Å². The van der Waals surface area contributed by atoms with Gasteiger partial charge in [-0.1, -0.05) is 170 Å². The van der Waals surface area contributed by atoms with Gasteiger partial charge in [0.2, 0.25) is 0 Å². The molecule has 9 rings (SSSR count). The number of nitrogens with zero attached hydrogens (tertiary/aromatic N) is 4. The van der Waals surface area contributed by atoms with E-state index in [4.69, 9.17) is 14.4 Å². The van der Waals surface area contributed by atoms with Crippen LogP contribution < -0.4 is 4.90 Å². The Morgan fingerprint density at radius 3 is 1.84 bits per heavy atom. The predicted octanol–water partition coefficient (Wildman–Crippen LogP) is 13.8. The van der Waals surface area contributed by atoms with E-state index < -0.39 is 0 Å². The van der Waals surface area contributed by atoms with E-state index in [0.717, 1.165) is 66.8 Å². The van der Waals surface area contributed by atoms with Crippen molar-refractivity contribution in [3.63, 3.8) is 0 Å². The Bertz CT molecular complexity index is 2920. The predicted molar refractivity (Wildman–Crippen MR) is 243 cm³/mol. The average molecular weight is 749 g/mol. The van der Waals surface area contributed by atoms with Crippen LogP contribution in [0.25, 0.3) is 44.2 Å². The first-order valence-corrected chi connectivity index (χ1v) is 19.4. The number of hydrogen-bond donors (Lipinski definition) is 0. The van der Waals surface area contributed by atoms with E-state index in [2.05, 4.69) is 175 Å². The molecule has 5 heteroatoms. The van der Waals surface area contributed by atoms with E-state index in [1.54, 1.807) is 0 Å². The van der Waals surface area contributed by atoms with Crippen molar-refractivity contribution in [2.24, 2.45) is 15.0 Å². The second-order valence-electron chi connectivity index (χ2n) is 14.1. The molecular weight excluding hydrogens is 709 g/mol. The van der Waals surface area contributed by atoms with Gasteiger partial charge in [-0.25, -0.2) is 9.98 Å². The first kappa shape index (κ1) is 36.0. The number of amidine groups is 2. The highest BCUT2D eigenvalue weighted by atomic mass is 16.3. The Morgan fingerprint density at radius 1 is 0.534 bits per heavy atom. The molecule has 9 aromatic rings. The molecule has 0 aliphatic heterocycles. The van der Waals surface area contributed by atoms with Gasteiger partial charge in [-0.2, -0.15) is 0 Å². The summed E-state index contributed by atoms with van der Waals surface area (Å²) in [5.74, 6) is 1.11. The van der Waals surface area contributed by atoms with Crippen molar-refractivity contribution >= 4 is 57.4 Å². The van der Waals surface area contributed by atoms with Gasteiger partial charge in [0.1, 0.15) is 5.58 Å². The molecule has 0 unspecified atom stereocenters. The summed E-state index contributed by atoms with van der Waals surface area (Å²) in [6.07, 6.45) is 0. The Hall–Kier alpha value is -7.63. The number of furan rings is 1. The van der Waals surface area contributed by atoms with E-state index in [-0.39, 0.29) is 0 Å². The highest BCUT2D eigenvalue weighted by Crippen LogP contribution is 2.46. The number of benzene rings is 8. The van der Waals surface area contributed by atoms with Crippen LogP contribution in [0.15, 0.2) is 220 Å². The molecule has 8 aromatic carbocycles. The zero-order chi connectivity index (χ0) is 39.3. The second kappa shape index (κ2) is 16.2. The molecule has 1 heterocycles. The van der Waals surface area contributed by atoms with Crippen LogP contribution in [0.4, 0.5) is 17.1 Å². The van der Waals surface area contributed by atoms with E-state index in [1.807, 2.05) is 48.5 Å². The van der Waals surface area contributed by atoms with Gasteiger partial charge in [0.15, 0.2) is 17.3 Å². The zero-order valence-corrected chi connectivity index (χ0v) is 32.2. The van der Waals surface area contributed by atoms with Crippen LogP contribution in [-0.4, -0.2) is 18.4 Å². The Morgan fingerprint density at radius 2 is 1.12 bits per heavy atom. The van der Waals surface area contributed by atoms with E-state index >= 15 is 0 Å². The monoisotopic (exact) mass is 748 g/mol. The molecule has 0 aliphatic carbocycles. The number of rotatable bonds is 9. The molecule has 0 bridgehead atoms. The zero-order valence-electron chi connectivity index (χ0n) is 32.2. The van der Waals surface area contributed by atoms with Crippen LogP contribution in [0.5, 0.6) is 0 Å². The van der Waals surface area contributed by atoms with Crippen LogP contribution in [0.2, 0.25) is 0 Å². The Kier molecular flexibility index (Phi) is 10.1. The van der Waals surface area contributed by atoms with Crippen LogP contribution in [0.1, 0.15) is 22.3 Å². The number of fused-ring (bicyclic) bond motifs is 3. The minimum atomic E-state index is 0.485. The summed E-state index contributed by atoms with van der Waals surface area (Å²) in [5, 5.41) is 2.11. The second-order valence-corrected chi connectivity index (χ2v) is 14.1. The van der Waals surface area contributed by atoms with Gasteiger partial charge in [-0.15, -0.1) is 0 Å². The van der Waals surface area contributed by atoms with Crippen molar-refractivity contribution in [3.8, 4) is 22.3 Å². The molecule has 278 valence electrons. The molecule has 1 aromatic heterocycles.